The van der Waals surface area contributed by atoms with Crippen LogP contribution in [0.3, 0.4) is 0 Å². The molecule has 0 spiro atoms. The van der Waals surface area contributed by atoms with Crippen LogP contribution < -0.4 is 15.6 Å². The number of anilines is 1. The van der Waals surface area contributed by atoms with E-state index < -0.39 is 0 Å². The number of methoxy groups -OCH3 is 1. The fourth-order valence-corrected chi connectivity index (χ4v) is 4.91. The highest BCUT2D eigenvalue weighted by Crippen LogP contribution is 2.36. The van der Waals surface area contributed by atoms with E-state index in [-0.39, 0.29) is 18.0 Å². The number of amides is 1. The van der Waals surface area contributed by atoms with Gasteiger partial charge in [0.2, 0.25) is 5.91 Å². The van der Waals surface area contributed by atoms with Gasteiger partial charge in [0.1, 0.15) is 17.1 Å². The first-order chi connectivity index (χ1) is 15.3. The molecule has 1 amide bonds. The van der Waals surface area contributed by atoms with Gasteiger partial charge < -0.3 is 10.1 Å². The summed E-state index contributed by atoms with van der Waals surface area (Å²) in [5.41, 5.74) is 2.81. The first-order valence-corrected chi connectivity index (χ1v) is 11.7. The van der Waals surface area contributed by atoms with E-state index >= 15 is 0 Å². The van der Waals surface area contributed by atoms with Gasteiger partial charge in [-0.2, -0.15) is 0 Å². The Kier molecular flexibility index (Phi) is 6.37. The zero-order valence-electron chi connectivity index (χ0n) is 17.5. The van der Waals surface area contributed by atoms with Crippen molar-refractivity contribution in [3.63, 3.8) is 0 Å². The molecule has 0 atom stereocenters. The fraction of sp³-hybridized carbons (Fsp3) is 0.174. The minimum atomic E-state index is -0.370. The number of rotatable bonds is 5. The zero-order chi connectivity index (χ0) is 23.0. The summed E-state index contributed by atoms with van der Waals surface area (Å²) >= 11 is 11.0. The topological polar surface area (TPSA) is 73.2 Å². The third-order valence-electron chi connectivity index (χ3n) is 5.06. The Hall–Kier alpha value is -2.68. The van der Waals surface area contributed by atoms with Crippen molar-refractivity contribution in [2.45, 2.75) is 20.4 Å². The number of hydrogen-bond donors (Lipinski definition) is 1. The van der Waals surface area contributed by atoms with Crippen LogP contribution in [0.5, 0.6) is 5.75 Å². The number of carbonyl (C=O) groups is 1. The maximum atomic E-state index is 13.3. The monoisotopic (exact) mass is 531 g/mol. The molecule has 2 aromatic heterocycles. The van der Waals surface area contributed by atoms with Gasteiger partial charge in [-0.25, -0.2) is 4.98 Å². The average molecular weight is 533 g/mol. The molecule has 0 unspecified atom stereocenters. The van der Waals surface area contributed by atoms with Gasteiger partial charge in [0, 0.05) is 26.0 Å². The Morgan fingerprint density at radius 3 is 2.66 bits per heavy atom. The molecule has 2 aromatic carbocycles. The second kappa shape index (κ2) is 9.05. The molecule has 9 heteroatoms. The molecule has 0 aliphatic rings. The van der Waals surface area contributed by atoms with E-state index in [9.17, 15) is 9.59 Å². The summed E-state index contributed by atoms with van der Waals surface area (Å²) in [6, 6.07) is 11.2. The number of aromatic nitrogens is 2. The molecular formula is C23H19BrClN3O3S. The van der Waals surface area contributed by atoms with Crippen LogP contribution in [-0.4, -0.2) is 22.6 Å². The summed E-state index contributed by atoms with van der Waals surface area (Å²) in [5.74, 6) is 0.0753. The van der Waals surface area contributed by atoms with Crippen molar-refractivity contribution in [3.8, 4) is 16.9 Å². The number of fused-ring (bicyclic) bond motifs is 1. The van der Waals surface area contributed by atoms with Crippen LogP contribution in [0.4, 0.5) is 5.69 Å². The lowest BCUT2D eigenvalue weighted by Crippen LogP contribution is -2.28. The number of nitrogens with zero attached hydrogens (tertiary/aromatic N) is 2. The van der Waals surface area contributed by atoms with Gasteiger partial charge in [0.25, 0.3) is 5.56 Å². The van der Waals surface area contributed by atoms with Crippen LogP contribution in [0.25, 0.3) is 21.3 Å². The molecule has 164 valence electrons. The number of thiophene rings is 1. The number of benzene rings is 2. The van der Waals surface area contributed by atoms with Crippen LogP contribution in [0.1, 0.15) is 10.4 Å². The van der Waals surface area contributed by atoms with Gasteiger partial charge in [0.05, 0.1) is 24.5 Å². The van der Waals surface area contributed by atoms with Crippen LogP contribution >= 0.6 is 38.9 Å². The Bertz CT molecular complexity index is 1400. The third-order valence-corrected chi connectivity index (χ3v) is 7.01. The van der Waals surface area contributed by atoms with Crippen molar-refractivity contribution in [2.75, 3.05) is 12.4 Å². The number of hydrogen-bond acceptors (Lipinski definition) is 5. The van der Waals surface area contributed by atoms with Crippen molar-refractivity contribution in [3.05, 3.63) is 73.0 Å². The second-order valence-electron chi connectivity index (χ2n) is 7.25. The third kappa shape index (κ3) is 4.30. The summed E-state index contributed by atoms with van der Waals surface area (Å²) in [7, 11) is 1.50. The number of halogens is 2. The zero-order valence-corrected chi connectivity index (χ0v) is 20.7. The summed E-state index contributed by atoms with van der Waals surface area (Å²) in [4.78, 5) is 32.1. The molecule has 2 heterocycles. The SMILES string of the molecule is COc1cc(Cl)c(C)cc1NC(=O)Cn1cnc2sc(C)c(-c3ccc(Br)cc3)c2c1=O. The van der Waals surface area contributed by atoms with Crippen LogP contribution in [0.2, 0.25) is 5.02 Å². The lowest BCUT2D eigenvalue weighted by molar-refractivity contribution is -0.116. The number of ether oxygens (including phenoxy) is 1. The molecule has 0 fully saturated rings. The first kappa shape index (κ1) is 22.5. The molecule has 4 aromatic rings. The van der Waals surface area contributed by atoms with E-state index in [2.05, 4.69) is 26.2 Å². The molecule has 6 nitrogen and oxygen atoms in total. The molecule has 0 aliphatic heterocycles. The first-order valence-electron chi connectivity index (χ1n) is 9.67. The summed E-state index contributed by atoms with van der Waals surface area (Å²) in [5, 5.41) is 3.86. The van der Waals surface area contributed by atoms with E-state index in [0.29, 0.717) is 26.7 Å². The van der Waals surface area contributed by atoms with Crippen molar-refractivity contribution in [1.29, 1.82) is 0 Å². The molecule has 4 rings (SSSR count). The standard InChI is InChI=1S/C23H19BrClN3O3S/c1-12-8-17(18(31-3)9-16(12)25)27-19(29)10-28-11-26-22-21(23(28)30)20(13(2)32-22)14-4-6-15(24)7-5-14/h4-9,11H,10H2,1-3H3,(H,27,29). The number of carbonyl (C=O) groups excluding carboxylic acids is 1. The molecule has 1 N–H and O–H groups in total. The second-order valence-corrected chi connectivity index (χ2v) is 9.77. The summed E-state index contributed by atoms with van der Waals surface area (Å²) < 4.78 is 7.59. The molecule has 0 saturated heterocycles. The molecule has 32 heavy (non-hydrogen) atoms. The van der Waals surface area contributed by atoms with Gasteiger partial charge in [-0.3, -0.25) is 14.2 Å². The normalized spacial score (nSPS) is 11.0. The lowest BCUT2D eigenvalue weighted by atomic mass is 10.0. The fourth-order valence-electron chi connectivity index (χ4n) is 3.49. The highest BCUT2D eigenvalue weighted by molar-refractivity contribution is 9.10. The van der Waals surface area contributed by atoms with E-state index in [1.54, 1.807) is 12.1 Å². The number of aryl methyl sites for hydroxylation is 2. The van der Waals surface area contributed by atoms with E-state index in [1.807, 2.05) is 38.1 Å². The van der Waals surface area contributed by atoms with E-state index in [0.717, 1.165) is 26.0 Å². The minimum absolute atomic E-state index is 0.179. The molecular weight excluding hydrogens is 514 g/mol. The van der Waals surface area contributed by atoms with Crippen molar-refractivity contribution >= 4 is 60.7 Å². The van der Waals surface area contributed by atoms with Gasteiger partial charge in [-0.1, -0.05) is 39.7 Å². The van der Waals surface area contributed by atoms with Crippen LogP contribution in [0.15, 0.2) is 52.0 Å². The quantitative estimate of drug-likeness (QED) is 0.352. The molecule has 0 bridgehead atoms. The molecule has 0 radical (unpaired) electrons. The summed E-state index contributed by atoms with van der Waals surface area (Å²) in [6.45, 7) is 3.62. The molecule has 0 aliphatic carbocycles. The van der Waals surface area contributed by atoms with Gasteiger partial charge in [-0.15, -0.1) is 11.3 Å². The van der Waals surface area contributed by atoms with Crippen molar-refractivity contribution in [2.24, 2.45) is 0 Å². The van der Waals surface area contributed by atoms with Crippen molar-refractivity contribution in [1.82, 2.24) is 9.55 Å². The smallest absolute Gasteiger partial charge is 0.263 e. The van der Waals surface area contributed by atoms with E-state index in [1.165, 1.54) is 29.3 Å². The Balaban J connectivity index is 1.69. The Morgan fingerprint density at radius 2 is 1.97 bits per heavy atom. The van der Waals surface area contributed by atoms with Gasteiger partial charge >= 0.3 is 0 Å². The predicted molar refractivity (Wildman–Crippen MR) is 133 cm³/mol. The van der Waals surface area contributed by atoms with E-state index in [4.69, 9.17) is 16.3 Å². The highest BCUT2D eigenvalue weighted by Gasteiger charge is 2.18. The number of nitrogens with one attached hydrogen (secondary N) is 1. The Morgan fingerprint density at radius 1 is 1.25 bits per heavy atom. The van der Waals surface area contributed by atoms with Crippen molar-refractivity contribution < 1.29 is 9.53 Å². The maximum Gasteiger partial charge on any atom is 0.263 e. The van der Waals surface area contributed by atoms with Crippen LogP contribution in [-0.2, 0) is 11.3 Å². The Labute approximate surface area is 201 Å². The highest BCUT2D eigenvalue weighted by atomic mass is 79.9. The summed E-state index contributed by atoms with van der Waals surface area (Å²) in [6.07, 6.45) is 1.41. The van der Waals surface area contributed by atoms with Gasteiger partial charge in [-0.05, 0) is 43.2 Å². The largest absolute Gasteiger partial charge is 0.495 e. The average Bonchev–Trinajstić information content (AvgIpc) is 3.10. The minimum Gasteiger partial charge on any atom is -0.495 e. The maximum absolute atomic E-state index is 13.3. The predicted octanol–water partition coefficient (Wildman–Crippen LogP) is 5.81. The molecule has 0 saturated carbocycles. The van der Waals surface area contributed by atoms with Gasteiger partial charge in [0.15, 0.2) is 0 Å². The van der Waals surface area contributed by atoms with Crippen LogP contribution in [0, 0.1) is 13.8 Å². The lowest BCUT2D eigenvalue weighted by Gasteiger charge is -2.13.